The van der Waals surface area contributed by atoms with E-state index in [2.05, 4.69) is 31.2 Å². The Morgan fingerprint density at radius 2 is 2.00 bits per heavy atom. The molecule has 1 heterocycles. The predicted molar refractivity (Wildman–Crippen MR) is 78.5 cm³/mol. The number of anilines is 2. The smallest absolute Gasteiger partial charge is 0.135 e. The zero-order valence-corrected chi connectivity index (χ0v) is 12.8. The average molecular weight is 345 g/mol. The number of halogens is 3. The van der Waals surface area contributed by atoms with Crippen molar-refractivity contribution in [3.05, 3.63) is 45.5 Å². The SMILES string of the molecule is CC(C)c1nc(Cl)cc(Nc2ccc(F)cc2Br)n1. The molecule has 0 aliphatic rings. The molecule has 1 N–H and O–H groups in total. The Balaban J connectivity index is 2.32. The van der Waals surface area contributed by atoms with E-state index in [1.807, 2.05) is 13.8 Å². The fourth-order valence-electron chi connectivity index (χ4n) is 1.49. The first kappa shape index (κ1) is 14.2. The summed E-state index contributed by atoms with van der Waals surface area (Å²) < 4.78 is 13.6. The Kier molecular flexibility index (Phi) is 4.37. The number of hydrogen-bond donors (Lipinski definition) is 1. The van der Waals surface area contributed by atoms with E-state index in [9.17, 15) is 4.39 Å². The topological polar surface area (TPSA) is 37.8 Å². The van der Waals surface area contributed by atoms with Crippen LogP contribution in [0.25, 0.3) is 0 Å². The molecule has 100 valence electrons. The van der Waals surface area contributed by atoms with E-state index >= 15 is 0 Å². The van der Waals surface area contributed by atoms with Crippen molar-refractivity contribution in [3.8, 4) is 0 Å². The van der Waals surface area contributed by atoms with E-state index in [0.29, 0.717) is 27.0 Å². The molecule has 0 bridgehead atoms. The van der Waals surface area contributed by atoms with Crippen LogP contribution in [0.15, 0.2) is 28.7 Å². The van der Waals surface area contributed by atoms with Crippen LogP contribution in [0.2, 0.25) is 5.15 Å². The molecule has 0 aliphatic heterocycles. The third-order valence-corrected chi connectivity index (χ3v) is 3.27. The summed E-state index contributed by atoms with van der Waals surface area (Å²) in [4.78, 5) is 8.52. The highest BCUT2D eigenvalue weighted by Crippen LogP contribution is 2.27. The monoisotopic (exact) mass is 343 g/mol. The minimum Gasteiger partial charge on any atom is -0.339 e. The van der Waals surface area contributed by atoms with E-state index in [1.165, 1.54) is 12.1 Å². The number of benzene rings is 1. The molecule has 0 spiro atoms. The van der Waals surface area contributed by atoms with Gasteiger partial charge in [0.1, 0.15) is 22.6 Å². The quantitative estimate of drug-likeness (QED) is 0.805. The molecule has 1 aromatic carbocycles. The molecule has 6 heteroatoms. The number of rotatable bonds is 3. The van der Waals surface area contributed by atoms with Gasteiger partial charge in [-0.3, -0.25) is 0 Å². The van der Waals surface area contributed by atoms with Crippen LogP contribution in [0.5, 0.6) is 0 Å². The number of hydrogen-bond acceptors (Lipinski definition) is 3. The Labute approximate surface area is 124 Å². The van der Waals surface area contributed by atoms with Gasteiger partial charge in [-0.1, -0.05) is 25.4 Å². The summed E-state index contributed by atoms with van der Waals surface area (Å²) in [6.07, 6.45) is 0. The molecule has 2 rings (SSSR count). The third kappa shape index (κ3) is 3.64. The summed E-state index contributed by atoms with van der Waals surface area (Å²) >= 11 is 9.25. The van der Waals surface area contributed by atoms with Crippen molar-refractivity contribution >= 4 is 39.0 Å². The number of aromatic nitrogens is 2. The highest BCUT2D eigenvalue weighted by molar-refractivity contribution is 9.10. The van der Waals surface area contributed by atoms with Crippen molar-refractivity contribution in [2.24, 2.45) is 0 Å². The van der Waals surface area contributed by atoms with Crippen molar-refractivity contribution in [1.82, 2.24) is 9.97 Å². The van der Waals surface area contributed by atoms with Gasteiger partial charge in [0.05, 0.1) is 5.69 Å². The first-order valence-electron chi connectivity index (χ1n) is 5.72. The molecular formula is C13H12BrClFN3. The molecule has 0 atom stereocenters. The van der Waals surface area contributed by atoms with Gasteiger partial charge in [-0.05, 0) is 34.1 Å². The van der Waals surface area contributed by atoms with Gasteiger partial charge in [-0.15, -0.1) is 0 Å². The summed E-state index contributed by atoms with van der Waals surface area (Å²) in [5.74, 6) is 1.11. The predicted octanol–water partition coefficient (Wildman–Crippen LogP) is 4.90. The van der Waals surface area contributed by atoms with Gasteiger partial charge in [-0.25, -0.2) is 14.4 Å². The molecule has 0 saturated carbocycles. The standard InChI is InChI=1S/C13H12BrClFN3/c1-7(2)13-18-11(15)6-12(19-13)17-10-4-3-8(16)5-9(10)14/h3-7H,1-2H3,(H,17,18,19). The lowest BCUT2D eigenvalue weighted by Gasteiger charge is -2.11. The zero-order valence-electron chi connectivity index (χ0n) is 10.4. The minimum atomic E-state index is -0.305. The van der Waals surface area contributed by atoms with Gasteiger partial charge in [0, 0.05) is 16.5 Å². The third-order valence-electron chi connectivity index (χ3n) is 2.42. The summed E-state index contributed by atoms with van der Waals surface area (Å²) in [6, 6.07) is 6.02. The molecule has 0 aliphatic carbocycles. The van der Waals surface area contributed by atoms with Gasteiger partial charge in [0.15, 0.2) is 0 Å². The fourth-order valence-corrected chi connectivity index (χ4v) is 2.13. The molecule has 2 aromatic rings. The molecule has 0 amide bonds. The van der Waals surface area contributed by atoms with Gasteiger partial charge in [0.2, 0.25) is 0 Å². The summed E-state index contributed by atoms with van der Waals surface area (Å²) in [7, 11) is 0. The van der Waals surface area contributed by atoms with Crippen molar-refractivity contribution in [1.29, 1.82) is 0 Å². The second-order valence-electron chi connectivity index (χ2n) is 4.34. The van der Waals surface area contributed by atoms with Gasteiger partial charge >= 0.3 is 0 Å². The Bertz CT molecular complexity index is 604. The van der Waals surface area contributed by atoms with E-state index < -0.39 is 0 Å². The summed E-state index contributed by atoms with van der Waals surface area (Å²) in [6.45, 7) is 3.98. The van der Waals surface area contributed by atoms with Crippen LogP contribution in [0, 0.1) is 5.82 Å². The maximum atomic E-state index is 13.0. The molecule has 0 fully saturated rings. The number of nitrogens with one attached hydrogen (secondary N) is 1. The van der Waals surface area contributed by atoms with Crippen LogP contribution >= 0.6 is 27.5 Å². The molecule has 0 unspecified atom stereocenters. The lowest BCUT2D eigenvalue weighted by atomic mass is 10.2. The molecular weight excluding hydrogens is 333 g/mol. The van der Waals surface area contributed by atoms with Gasteiger partial charge in [0.25, 0.3) is 0 Å². The van der Waals surface area contributed by atoms with E-state index in [-0.39, 0.29) is 11.7 Å². The minimum absolute atomic E-state index is 0.177. The maximum absolute atomic E-state index is 13.0. The van der Waals surface area contributed by atoms with Crippen molar-refractivity contribution in [2.75, 3.05) is 5.32 Å². The fraction of sp³-hybridized carbons (Fsp3) is 0.231. The molecule has 3 nitrogen and oxygen atoms in total. The summed E-state index contributed by atoms with van der Waals surface area (Å²) in [5, 5.41) is 3.46. The maximum Gasteiger partial charge on any atom is 0.135 e. The molecule has 0 radical (unpaired) electrons. The van der Waals surface area contributed by atoms with Crippen LogP contribution in [-0.4, -0.2) is 9.97 Å². The van der Waals surface area contributed by atoms with Crippen molar-refractivity contribution < 1.29 is 4.39 Å². The van der Waals surface area contributed by atoms with Crippen molar-refractivity contribution in [3.63, 3.8) is 0 Å². The van der Waals surface area contributed by atoms with Gasteiger partial charge in [-0.2, -0.15) is 0 Å². The van der Waals surface area contributed by atoms with E-state index in [0.717, 1.165) is 0 Å². The van der Waals surface area contributed by atoms with Crippen LogP contribution in [0.4, 0.5) is 15.9 Å². The first-order chi connectivity index (χ1) is 8.95. The van der Waals surface area contributed by atoms with E-state index in [1.54, 1.807) is 12.1 Å². The number of nitrogens with zero attached hydrogens (tertiary/aromatic N) is 2. The lowest BCUT2D eigenvalue weighted by molar-refractivity contribution is 0.627. The van der Waals surface area contributed by atoms with Crippen molar-refractivity contribution in [2.45, 2.75) is 19.8 Å². The highest BCUT2D eigenvalue weighted by atomic mass is 79.9. The van der Waals surface area contributed by atoms with Gasteiger partial charge < -0.3 is 5.32 Å². The molecule has 1 aromatic heterocycles. The average Bonchev–Trinajstić information content (AvgIpc) is 2.32. The Morgan fingerprint density at radius 1 is 1.26 bits per heavy atom. The van der Waals surface area contributed by atoms with Crippen LogP contribution in [0.3, 0.4) is 0 Å². The molecule has 19 heavy (non-hydrogen) atoms. The molecule has 0 saturated heterocycles. The second-order valence-corrected chi connectivity index (χ2v) is 5.58. The Morgan fingerprint density at radius 3 is 2.63 bits per heavy atom. The first-order valence-corrected chi connectivity index (χ1v) is 6.89. The Hall–Kier alpha value is -1.20. The summed E-state index contributed by atoms with van der Waals surface area (Å²) in [5.41, 5.74) is 0.714. The zero-order chi connectivity index (χ0) is 14.0. The second kappa shape index (κ2) is 5.84. The van der Waals surface area contributed by atoms with Crippen LogP contribution in [-0.2, 0) is 0 Å². The highest BCUT2D eigenvalue weighted by Gasteiger charge is 2.08. The normalized spacial score (nSPS) is 10.8. The van der Waals surface area contributed by atoms with Crippen LogP contribution in [0.1, 0.15) is 25.6 Å². The van der Waals surface area contributed by atoms with Crippen LogP contribution < -0.4 is 5.32 Å². The lowest BCUT2D eigenvalue weighted by Crippen LogP contribution is -2.02. The largest absolute Gasteiger partial charge is 0.339 e. The van der Waals surface area contributed by atoms with E-state index in [4.69, 9.17) is 11.6 Å².